The minimum absolute atomic E-state index is 0.0177. The zero-order chi connectivity index (χ0) is 29.1. The van der Waals surface area contributed by atoms with Gasteiger partial charge in [0, 0.05) is 18.5 Å². The Labute approximate surface area is 235 Å². The Hall–Kier alpha value is -3.52. The Kier molecular flexibility index (Phi) is 6.80. The highest BCUT2D eigenvalue weighted by molar-refractivity contribution is 7.91. The quantitative estimate of drug-likeness (QED) is 0.311. The molecule has 1 saturated heterocycles. The van der Waals surface area contributed by atoms with E-state index in [0.717, 1.165) is 17.7 Å². The molecule has 1 aliphatic carbocycles. The van der Waals surface area contributed by atoms with Gasteiger partial charge in [0.2, 0.25) is 5.95 Å². The fraction of sp³-hybridized carbons (Fsp3) is 0.393. The number of halogens is 2. The first-order valence-electron chi connectivity index (χ1n) is 13.2. The minimum atomic E-state index is -3.29. The molecule has 4 aromatic rings. The van der Waals surface area contributed by atoms with Gasteiger partial charge in [-0.2, -0.15) is 9.61 Å². The Bertz CT molecular complexity index is 1710. The topological polar surface area (TPSA) is 145 Å². The zero-order valence-electron chi connectivity index (χ0n) is 22.5. The molecule has 4 unspecified atom stereocenters. The minimum Gasteiger partial charge on any atom is -0.380 e. The van der Waals surface area contributed by atoms with Crippen LogP contribution in [-0.2, 0) is 20.2 Å². The van der Waals surface area contributed by atoms with Gasteiger partial charge in [0.25, 0.3) is 0 Å². The van der Waals surface area contributed by atoms with Gasteiger partial charge >= 0.3 is 0 Å². The number of sulfone groups is 1. The highest BCUT2D eigenvalue weighted by atomic mass is 32.2. The van der Waals surface area contributed by atoms with Gasteiger partial charge in [-0.25, -0.2) is 22.2 Å². The Morgan fingerprint density at radius 1 is 1.15 bits per heavy atom. The molecular weight excluding hydrogens is 554 g/mol. The number of nitrogens with two attached hydrogens (primary N) is 1. The van der Waals surface area contributed by atoms with Crippen LogP contribution >= 0.6 is 0 Å². The molecule has 0 radical (unpaired) electrons. The molecule has 3 aromatic heterocycles. The van der Waals surface area contributed by atoms with E-state index in [1.807, 2.05) is 13.0 Å². The fourth-order valence-corrected chi connectivity index (χ4v) is 7.89. The molecule has 2 fully saturated rings. The van der Waals surface area contributed by atoms with Gasteiger partial charge in [0.1, 0.15) is 17.2 Å². The van der Waals surface area contributed by atoms with Crippen LogP contribution < -0.4 is 11.1 Å². The van der Waals surface area contributed by atoms with E-state index in [2.05, 4.69) is 20.4 Å². The number of imidazole rings is 1. The molecule has 0 spiro atoms. The maximum atomic E-state index is 15.2. The van der Waals surface area contributed by atoms with Gasteiger partial charge < -0.3 is 20.9 Å². The van der Waals surface area contributed by atoms with Crippen LogP contribution in [0.25, 0.3) is 16.8 Å². The van der Waals surface area contributed by atoms with Crippen LogP contribution in [0.3, 0.4) is 0 Å². The molecule has 13 heteroatoms. The van der Waals surface area contributed by atoms with Crippen molar-refractivity contribution in [1.82, 2.24) is 19.6 Å². The van der Waals surface area contributed by atoms with Gasteiger partial charge in [-0.3, -0.25) is 4.98 Å². The third kappa shape index (κ3) is 4.96. The molecule has 0 bridgehead atoms. The van der Waals surface area contributed by atoms with E-state index in [1.54, 1.807) is 24.7 Å². The number of nitrogens with one attached hydrogen (secondary N) is 1. The highest BCUT2D eigenvalue weighted by Crippen LogP contribution is 2.41. The molecule has 216 valence electrons. The summed E-state index contributed by atoms with van der Waals surface area (Å²) in [7, 11) is -3.29. The molecule has 2 aliphatic rings. The number of hydrogen-bond donors (Lipinski definition) is 3. The molecule has 1 aliphatic heterocycles. The molecule has 41 heavy (non-hydrogen) atoms. The summed E-state index contributed by atoms with van der Waals surface area (Å²) in [5.41, 5.74) is 6.92. The maximum Gasteiger partial charge on any atom is 0.229 e. The first kappa shape index (κ1) is 27.6. The molecule has 1 aromatic carbocycles. The van der Waals surface area contributed by atoms with Crippen LogP contribution in [0.2, 0.25) is 0 Å². The van der Waals surface area contributed by atoms with Crippen molar-refractivity contribution in [2.45, 2.75) is 42.6 Å². The highest BCUT2D eigenvalue weighted by Gasteiger charge is 2.41. The van der Waals surface area contributed by atoms with E-state index in [4.69, 9.17) is 10.5 Å². The first-order chi connectivity index (χ1) is 19.4. The van der Waals surface area contributed by atoms with Crippen LogP contribution in [0.5, 0.6) is 0 Å². The van der Waals surface area contributed by atoms with Crippen LogP contribution in [0.1, 0.15) is 36.8 Å². The number of benzene rings is 1. The lowest BCUT2D eigenvalue weighted by molar-refractivity contribution is -0.184. The lowest BCUT2D eigenvalue weighted by atomic mass is 9.76. The molecule has 0 amide bonds. The fourth-order valence-electron chi connectivity index (χ4n) is 6.19. The van der Waals surface area contributed by atoms with Gasteiger partial charge in [-0.1, -0.05) is 6.92 Å². The summed E-state index contributed by atoms with van der Waals surface area (Å²) in [4.78, 5) is 8.66. The van der Waals surface area contributed by atoms with Crippen molar-refractivity contribution < 1.29 is 27.0 Å². The van der Waals surface area contributed by atoms with Crippen LogP contribution in [0.15, 0.2) is 48.9 Å². The zero-order valence-corrected chi connectivity index (χ0v) is 23.3. The monoisotopic (exact) mass is 584 g/mol. The van der Waals surface area contributed by atoms with E-state index in [-0.39, 0.29) is 41.9 Å². The van der Waals surface area contributed by atoms with Crippen molar-refractivity contribution in [3.05, 3.63) is 71.7 Å². The van der Waals surface area contributed by atoms with E-state index in [0.29, 0.717) is 30.0 Å². The number of ether oxygens (including phenoxy) is 1. The maximum absolute atomic E-state index is 15.2. The summed E-state index contributed by atoms with van der Waals surface area (Å²) in [5.74, 6) is -1.56. The predicted octanol–water partition coefficient (Wildman–Crippen LogP) is 3.28. The molecular formula is C28H30F2N6O4S. The average Bonchev–Trinajstić information content (AvgIpc) is 3.28. The third-order valence-electron chi connectivity index (χ3n) is 8.13. The summed E-state index contributed by atoms with van der Waals surface area (Å²) in [6, 6.07) is 6.72. The average molecular weight is 585 g/mol. The third-order valence-corrected chi connectivity index (χ3v) is 9.94. The summed E-state index contributed by atoms with van der Waals surface area (Å²) in [6.45, 7) is 1.85. The smallest absolute Gasteiger partial charge is 0.229 e. The molecule has 10 nitrogen and oxygen atoms in total. The van der Waals surface area contributed by atoms with Crippen molar-refractivity contribution in [1.29, 1.82) is 0 Å². The summed E-state index contributed by atoms with van der Waals surface area (Å²) >= 11 is 0. The number of fused-ring (bicyclic) bond motifs is 1. The second-order valence-electron chi connectivity index (χ2n) is 11.2. The van der Waals surface area contributed by atoms with Crippen molar-refractivity contribution in [3.63, 3.8) is 0 Å². The van der Waals surface area contributed by atoms with Crippen LogP contribution in [-0.4, -0.2) is 63.9 Å². The number of rotatable bonds is 6. The Balaban J connectivity index is 1.32. The number of nitrogens with zero attached hydrogens (tertiary/aromatic N) is 4. The van der Waals surface area contributed by atoms with Crippen LogP contribution in [0, 0.1) is 17.6 Å². The molecule has 6 rings (SSSR count). The normalized spacial score (nSPS) is 24.2. The molecule has 1 saturated carbocycles. The van der Waals surface area contributed by atoms with E-state index in [9.17, 15) is 13.5 Å². The molecule has 4 N–H and O–H groups in total. The molecule has 4 heterocycles. The summed E-state index contributed by atoms with van der Waals surface area (Å²) in [5, 5.41) is 17.6. The van der Waals surface area contributed by atoms with Crippen molar-refractivity contribution in [2.24, 2.45) is 11.7 Å². The Morgan fingerprint density at radius 3 is 2.51 bits per heavy atom. The Morgan fingerprint density at radius 2 is 1.88 bits per heavy atom. The summed E-state index contributed by atoms with van der Waals surface area (Å²) in [6.07, 6.45) is 7.24. The van der Waals surface area contributed by atoms with Crippen molar-refractivity contribution in [3.8, 4) is 11.3 Å². The van der Waals surface area contributed by atoms with E-state index < -0.39 is 38.4 Å². The number of hydrogen-bond acceptors (Lipinski definition) is 9. The lowest BCUT2D eigenvalue weighted by Gasteiger charge is -2.38. The first-order valence-corrected chi connectivity index (χ1v) is 15.2. The number of aromatic nitrogens is 4. The summed E-state index contributed by atoms with van der Waals surface area (Å²) < 4.78 is 61.4. The van der Waals surface area contributed by atoms with Gasteiger partial charge in [-0.15, -0.1) is 0 Å². The van der Waals surface area contributed by atoms with Gasteiger partial charge in [0.15, 0.2) is 9.84 Å². The largest absolute Gasteiger partial charge is 0.380 e. The SMILES string of the molecule is CC1CC(c2ccncc2Nc2ncc3ccc(-c4c(F)cc(C5(O)COC5)cc4F)nn23)CC(N)C1S(C)(=O)=O. The van der Waals surface area contributed by atoms with Crippen molar-refractivity contribution >= 4 is 27.0 Å². The van der Waals surface area contributed by atoms with Gasteiger partial charge in [0.05, 0.1) is 53.3 Å². The second kappa shape index (κ2) is 10.1. The van der Waals surface area contributed by atoms with E-state index in [1.165, 1.54) is 16.8 Å². The number of pyridine rings is 1. The lowest BCUT2D eigenvalue weighted by Crippen LogP contribution is -2.48. The number of anilines is 2. The van der Waals surface area contributed by atoms with Crippen LogP contribution in [0.4, 0.5) is 20.4 Å². The standard InChI is InChI=1S/C28H30F2N6O4S/c1-15-7-16(8-22(31)26(15)41(2,38)39)19-5-6-32-12-24(19)34-27-33-11-18-3-4-23(35-36(18)27)25-20(29)9-17(10-21(25)30)28(37)13-40-14-28/h3-6,9-12,15-16,22,26,37H,7-8,13-14,31H2,1-2H3,(H,33,34). The van der Waals surface area contributed by atoms with Crippen molar-refractivity contribution in [2.75, 3.05) is 24.8 Å². The number of aliphatic hydroxyl groups is 1. The predicted molar refractivity (Wildman–Crippen MR) is 148 cm³/mol. The van der Waals surface area contributed by atoms with E-state index >= 15 is 8.78 Å². The molecule has 4 atom stereocenters. The van der Waals surface area contributed by atoms with Gasteiger partial charge in [-0.05, 0) is 66.1 Å². The second-order valence-corrected chi connectivity index (χ2v) is 13.4.